The molecule has 10 heteroatoms. The quantitative estimate of drug-likeness (QED) is 0.537. The normalized spacial score (nSPS) is 25.1. The Kier molecular flexibility index (Phi) is 7.88. The molecule has 37 heavy (non-hydrogen) atoms. The highest BCUT2D eigenvalue weighted by Gasteiger charge is 2.54. The number of hydrogen-bond donors (Lipinski definition) is 2. The number of aliphatic hydroxyl groups excluding tert-OH is 1. The van der Waals surface area contributed by atoms with Gasteiger partial charge in [0.15, 0.2) is 0 Å². The molecule has 0 spiro atoms. The second-order valence-corrected chi connectivity index (χ2v) is 10.00. The number of fused-ring (bicyclic) bond motifs is 1. The minimum absolute atomic E-state index is 0.0710. The molecular weight excluding hydrogens is 490 g/mol. The number of alkyl halides is 4. The summed E-state index contributed by atoms with van der Waals surface area (Å²) < 4.78 is 62.5. The molecule has 0 saturated carbocycles. The second kappa shape index (κ2) is 10.8. The molecule has 0 unspecified atom stereocenters. The van der Waals surface area contributed by atoms with Crippen molar-refractivity contribution in [1.82, 2.24) is 10.2 Å². The average Bonchev–Trinajstić information content (AvgIpc) is 3.40. The van der Waals surface area contributed by atoms with Crippen molar-refractivity contribution in [3.8, 4) is 17.2 Å². The van der Waals surface area contributed by atoms with Gasteiger partial charge >= 0.3 is 6.18 Å². The monoisotopic (exact) mass is 519 g/mol. The van der Waals surface area contributed by atoms with Crippen LogP contribution in [0.4, 0.5) is 17.6 Å². The molecule has 2 aliphatic heterocycles. The maximum absolute atomic E-state index is 14.5. The number of carbonyl (C=O) groups is 1. The van der Waals surface area contributed by atoms with Crippen LogP contribution < -0.4 is 5.32 Å². The van der Waals surface area contributed by atoms with Gasteiger partial charge in [-0.25, -0.2) is 4.39 Å². The van der Waals surface area contributed by atoms with Gasteiger partial charge in [0.05, 0.1) is 36.9 Å². The number of nitrogens with one attached hydrogen (secondary N) is 1. The Morgan fingerprint density at radius 3 is 2.30 bits per heavy atom. The number of carbonyl (C=O) groups excluding carboxylic acids is 1. The van der Waals surface area contributed by atoms with Crippen molar-refractivity contribution in [1.29, 1.82) is 5.26 Å². The molecule has 0 radical (unpaired) electrons. The first-order valence-corrected chi connectivity index (χ1v) is 12.2. The number of amides is 1. The van der Waals surface area contributed by atoms with Crippen molar-refractivity contribution in [2.24, 2.45) is 5.92 Å². The molecule has 2 aromatic rings. The molecule has 0 aromatic heterocycles. The molecule has 2 N–H and O–H groups in total. The lowest BCUT2D eigenvalue weighted by Crippen LogP contribution is -2.54. The first-order chi connectivity index (χ1) is 17.5. The number of likely N-dealkylation sites (tertiary alicyclic amines) is 1. The summed E-state index contributed by atoms with van der Waals surface area (Å²) in [5.74, 6) is -0.810. The summed E-state index contributed by atoms with van der Waals surface area (Å²) in [4.78, 5) is 14.6. The van der Waals surface area contributed by atoms with E-state index in [1.807, 2.05) is 6.07 Å². The Morgan fingerprint density at radius 2 is 1.76 bits per heavy atom. The van der Waals surface area contributed by atoms with Crippen LogP contribution in [0.25, 0.3) is 11.1 Å². The van der Waals surface area contributed by atoms with Crippen molar-refractivity contribution in [2.75, 3.05) is 13.2 Å². The Hall–Kier alpha value is -3.00. The van der Waals surface area contributed by atoms with Gasteiger partial charge in [-0.3, -0.25) is 10.1 Å². The fourth-order valence-electron chi connectivity index (χ4n) is 5.08. The summed E-state index contributed by atoms with van der Waals surface area (Å²) in [6.07, 6.45) is -8.21. The third-order valence-corrected chi connectivity index (χ3v) is 6.85. The zero-order valence-corrected chi connectivity index (χ0v) is 20.5. The van der Waals surface area contributed by atoms with E-state index in [9.17, 15) is 27.5 Å². The van der Waals surface area contributed by atoms with Crippen molar-refractivity contribution in [3.05, 3.63) is 59.7 Å². The van der Waals surface area contributed by atoms with Crippen molar-refractivity contribution < 1.29 is 32.2 Å². The topological polar surface area (TPSA) is 85.6 Å². The highest BCUT2D eigenvalue weighted by molar-refractivity contribution is 5.83. The van der Waals surface area contributed by atoms with E-state index in [1.54, 1.807) is 50.2 Å². The molecule has 198 valence electrons. The molecule has 2 fully saturated rings. The van der Waals surface area contributed by atoms with Crippen LogP contribution in [0, 0.1) is 17.2 Å². The zero-order chi connectivity index (χ0) is 26.9. The fraction of sp³-hybridized carbons (Fsp3) is 0.481. The third-order valence-electron chi connectivity index (χ3n) is 6.85. The van der Waals surface area contributed by atoms with Crippen LogP contribution in [0.2, 0.25) is 0 Å². The van der Waals surface area contributed by atoms with Crippen molar-refractivity contribution in [3.63, 3.8) is 0 Å². The molecule has 6 nitrogen and oxygen atoms in total. The predicted octanol–water partition coefficient (Wildman–Crippen LogP) is 4.14. The number of aliphatic hydroxyl groups is 1. The standard InChI is InChI=1S/C27H29F4N3O3/c1-15(2)11-21(26(36)34-13-20(28)24-23(34)22(35)14-37-24)33-25(27(29,30)31)19-9-7-18(8-10-19)17-5-3-16(12-32)4-6-17/h3-10,15,20-25,33,35H,11,13-14H2,1-2H3/t20-,21-,22-,23+,24+,25-/m0/s1. The number of rotatable bonds is 7. The van der Waals surface area contributed by atoms with Gasteiger partial charge in [-0.05, 0) is 41.2 Å². The van der Waals surface area contributed by atoms with Gasteiger partial charge in [0.2, 0.25) is 5.91 Å². The van der Waals surface area contributed by atoms with Gasteiger partial charge in [0.25, 0.3) is 0 Å². The minimum Gasteiger partial charge on any atom is -0.388 e. The SMILES string of the molecule is CC(C)C[C@H](N[C@@H](c1ccc(-c2ccc(C#N)cc2)cc1)C(F)(F)F)C(=O)N1C[C@H](F)[C@H]2OC[C@H](O)[C@H]21. The summed E-state index contributed by atoms with van der Waals surface area (Å²) in [6, 6.07) is 10.2. The van der Waals surface area contributed by atoms with Crippen LogP contribution in [0.5, 0.6) is 0 Å². The summed E-state index contributed by atoms with van der Waals surface area (Å²) in [5, 5.41) is 21.7. The van der Waals surface area contributed by atoms with Gasteiger partial charge < -0.3 is 14.7 Å². The highest BCUT2D eigenvalue weighted by atomic mass is 19.4. The first-order valence-electron chi connectivity index (χ1n) is 12.2. The van der Waals surface area contributed by atoms with Crippen LogP contribution in [0.3, 0.4) is 0 Å². The van der Waals surface area contributed by atoms with Gasteiger partial charge in [0, 0.05) is 0 Å². The lowest BCUT2D eigenvalue weighted by molar-refractivity contribution is -0.163. The van der Waals surface area contributed by atoms with Crippen molar-refractivity contribution >= 4 is 5.91 Å². The van der Waals surface area contributed by atoms with E-state index in [-0.39, 0.29) is 31.1 Å². The molecule has 2 aliphatic rings. The van der Waals surface area contributed by atoms with Crippen molar-refractivity contribution in [2.45, 2.75) is 62.9 Å². The minimum atomic E-state index is -4.71. The number of hydrogen-bond acceptors (Lipinski definition) is 5. The largest absolute Gasteiger partial charge is 0.407 e. The lowest BCUT2D eigenvalue weighted by Gasteiger charge is -2.33. The molecule has 1 amide bonds. The van der Waals surface area contributed by atoms with Crippen LogP contribution >= 0.6 is 0 Å². The molecule has 0 bridgehead atoms. The number of ether oxygens (including phenoxy) is 1. The van der Waals surface area contributed by atoms with Crippen LogP contribution in [-0.2, 0) is 9.53 Å². The number of nitrogens with zero attached hydrogens (tertiary/aromatic N) is 2. The van der Waals surface area contributed by atoms with E-state index < -0.39 is 48.6 Å². The summed E-state index contributed by atoms with van der Waals surface area (Å²) in [6.45, 7) is 3.11. The van der Waals surface area contributed by atoms with E-state index in [2.05, 4.69) is 5.32 Å². The fourth-order valence-corrected chi connectivity index (χ4v) is 5.08. The molecule has 2 aromatic carbocycles. The van der Waals surface area contributed by atoms with Gasteiger partial charge in [0.1, 0.15) is 24.4 Å². The predicted molar refractivity (Wildman–Crippen MR) is 128 cm³/mol. The Labute approximate surface area is 212 Å². The highest BCUT2D eigenvalue weighted by Crippen LogP contribution is 2.36. The molecule has 6 atom stereocenters. The number of benzene rings is 2. The molecule has 4 rings (SSSR count). The van der Waals surface area contributed by atoms with E-state index in [1.165, 1.54) is 12.1 Å². The van der Waals surface area contributed by atoms with E-state index >= 15 is 0 Å². The molecule has 0 aliphatic carbocycles. The summed E-state index contributed by atoms with van der Waals surface area (Å²) in [7, 11) is 0. The van der Waals surface area contributed by atoms with Crippen LogP contribution in [0.15, 0.2) is 48.5 Å². The lowest BCUT2D eigenvalue weighted by atomic mass is 9.97. The Balaban J connectivity index is 1.58. The number of nitriles is 1. The maximum Gasteiger partial charge on any atom is 0.407 e. The summed E-state index contributed by atoms with van der Waals surface area (Å²) in [5.41, 5.74) is 1.83. The maximum atomic E-state index is 14.5. The van der Waals surface area contributed by atoms with Crippen LogP contribution in [0.1, 0.15) is 37.4 Å². The van der Waals surface area contributed by atoms with Gasteiger partial charge in [-0.2, -0.15) is 18.4 Å². The van der Waals surface area contributed by atoms with Gasteiger partial charge in [-0.15, -0.1) is 0 Å². The second-order valence-electron chi connectivity index (χ2n) is 10.00. The first kappa shape index (κ1) is 27.0. The Morgan fingerprint density at radius 1 is 1.16 bits per heavy atom. The molecular formula is C27H29F4N3O3. The molecule has 2 saturated heterocycles. The number of halogens is 4. The third kappa shape index (κ3) is 5.79. The van der Waals surface area contributed by atoms with Gasteiger partial charge in [-0.1, -0.05) is 50.2 Å². The zero-order valence-electron chi connectivity index (χ0n) is 20.5. The van der Waals surface area contributed by atoms with E-state index in [0.717, 1.165) is 10.5 Å². The smallest absolute Gasteiger partial charge is 0.388 e. The molecule has 2 heterocycles. The van der Waals surface area contributed by atoms with Crippen LogP contribution in [-0.4, -0.2) is 65.7 Å². The summed E-state index contributed by atoms with van der Waals surface area (Å²) >= 11 is 0. The van der Waals surface area contributed by atoms with E-state index in [4.69, 9.17) is 10.00 Å². The average molecular weight is 520 g/mol. The Bertz CT molecular complexity index is 1130. The van der Waals surface area contributed by atoms with E-state index in [0.29, 0.717) is 11.1 Å².